The first-order valence-corrected chi connectivity index (χ1v) is 6.99. The Bertz CT molecular complexity index is 486. The molecule has 2 aromatic carbocycles. The fourth-order valence-electron chi connectivity index (χ4n) is 1.66. The first-order valence-electron chi connectivity index (χ1n) is 5.40. The van der Waals surface area contributed by atoms with E-state index in [0.29, 0.717) is 0 Å². The van der Waals surface area contributed by atoms with Crippen LogP contribution in [0.5, 0.6) is 0 Å². The second-order valence-corrected chi connectivity index (χ2v) is 5.65. The lowest BCUT2D eigenvalue weighted by Crippen LogP contribution is -2.00. The Morgan fingerprint density at radius 1 is 1.00 bits per heavy atom. The molecular formula is C14H13Br2N. The van der Waals surface area contributed by atoms with E-state index < -0.39 is 0 Å². The van der Waals surface area contributed by atoms with Gasteiger partial charge in [0.2, 0.25) is 0 Å². The fourth-order valence-corrected chi connectivity index (χ4v) is 3.35. The predicted octanol–water partition coefficient (Wildman–Crippen LogP) is 5.13. The van der Waals surface area contributed by atoms with Crippen molar-refractivity contribution < 1.29 is 0 Å². The maximum atomic E-state index is 3.58. The third kappa shape index (κ3) is 3.33. The maximum Gasteiger partial charge on any atom is 0.0631 e. The number of benzene rings is 2. The van der Waals surface area contributed by atoms with Crippen molar-refractivity contribution in [3.63, 3.8) is 0 Å². The molecule has 3 heteroatoms. The molecule has 0 saturated carbocycles. The van der Waals surface area contributed by atoms with Crippen LogP contribution < -0.4 is 5.32 Å². The topological polar surface area (TPSA) is 12.0 Å². The number of nitrogens with one attached hydrogen (secondary N) is 1. The normalized spacial score (nSPS) is 10.3. The van der Waals surface area contributed by atoms with Gasteiger partial charge in [0, 0.05) is 15.5 Å². The minimum atomic E-state index is 0.821. The molecule has 88 valence electrons. The first kappa shape index (κ1) is 12.7. The zero-order valence-corrected chi connectivity index (χ0v) is 12.7. The van der Waals surface area contributed by atoms with Gasteiger partial charge in [-0.1, -0.05) is 30.3 Å². The summed E-state index contributed by atoms with van der Waals surface area (Å²) in [6.07, 6.45) is 0. The lowest BCUT2D eigenvalue weighted by Gasteiger charge is -2.11. The Morgan fingerprint density at radius 2 is 1.59 bits per heavy atom. The number of rotatable bonds is 3. The third-order valence-corrected chi connectivity index (χ3v) is 3.75. The van der Waals surface area contributed by atoms with Gasteiger partial charge in [0.15, 0.2) is 0 Å². The van der Waals surface area contributed by atoms with Gasteiger partial charge in [-0.3, -0.25) is 0 Å². The number of aryl methyl sites for hydroxylation is 1. The quantitative estimate of drug-likeness (QED) is 0.805. The van der Waals surface area contributed by atoms with Gasteiger partial charge in [-0.05, 0) is 62.0 Å². The highest BCUT2D eigenvalue weighted by molar-refractivity contribution is 9.11. The minimum Gasteiger partial charge on any atom is -0.379 e. The molecule has 2 aromatic rings. The molecule has 2 rings (SSSR count). The number of anilines is 1. The zero-order chi connectivity index (χ0) is 12.3. The highest BCUT2D eigenvalue weighted by Crippen LogP contribution is 2.32. The average molecular weight is 355 g/mol. The fraction of sp³-hybridized carbons (Fsp3) is 0.143. The zero-order valence-electron chi connectivity index (χ0n) is 9.50. The van der Waals surface area contributed by atoms with Gasteiger partial charge in [-0.15, -0.1) is 0 Å². The molecular weight excluding hydrogens is 342 g/mol. The molecule has 0 radical (unpaired) electrons. The predicted molar refractivity (Wildman–Crippen MR) is 80.3 cm³/mol. The van der Waals surface area contributed by atoms with Gasteiger partial charge in [0.05, 0.1) is 5.69 Å². The second-order valence-electron chi connectivity index (χ2n) is 3.94. The van der Waals surface area contributed by atoms with Crippen LogP contribution in [-0.4, -0.2) is 0 Å². The third-order valence-electron chi connectivity index (χ3n) is 2.50. The molecule has 0 heterocycles. The summed E-state index contributed by atoms with van der Waals surface area (Å²) >= 11 is 7.16. The van der Waals surface area contributed by atoms with Crippen LogP contribution in [0.4, 0.5) is 5.69 Å². The molecule has 0 aliphatic heterocycles. The van der Waals surface area contributed by atoms with Crippen LogP contribution in [0.1, 0.15) is 11.1 Å². The van der Waals surface area contributed by atoms with Crippen LogP contribution in [0.25, 0.3) is 0 Å². The summed E-state index contributed by atoms with van der Waals surface area (Å²) in [6, 6.07) is 14.6. The Balaban J connectivity index is 2.15. The van der Waals surface area contributed by atoms with Gasteiger partial charge >= 0.3 is 0 Å². The van der Waals surface area contributed by atoms with E-state index in [-0.39, 0.29) is 0 Å². The first-order chi connectivity index (χ1) is 8.16. The summed E-state index contributed by atoms with van der Waals surface area (Å²) in [6.45, 7) is 2.90. The monoisotopic (exact) mass is 353 g/mol. The van der Waals surface area contributed by atoms with E-state index >= 15 is 0 Å². The van der Waals surface area contributed by atoms with Crippen LogP contribution in [0, 0.1) is 6.92 Å². The molecule has 0 aliphatic rings. The summed E-state index contributed by atoms with van der Waals surface area (Å²) in [5.74, 6) is 0. The maximum absolute atomic E-state index is 3.58. The summed E-state index contributed by atoms with van der Waals surface area (Å²) in [5.41, 5.74) is 3.60. The van der Waals surface area contributed by atoms with Crippen molar-refractivity contribution in [2.75, 3.05) is 5.32 Å². The molecule has 0 amide bonds. The molecule has 0 fully saturated rings. The van der Waals surface area contributed by atoms with Crippen molar-refractivity contribution >= 4 is 37.5 Å². The van der Waals surface area contributed by atoms with Crippen LogP contribution in [0.3, 0.4) is 0 Å². The van der Waals surface area contributed by atoms with Crippen molar-refractivity contribution in [2.24, 2.45) is 0 Å². The van der Waals surface area contributed by atoms with Crippen LogP contribution >= 0.6 is 31.9 Å². The standard InChI is InChI=1S/C14H13Br2N/c1-10-7-12(15)14(13(16)8-10)17-9-11-5-3-2-4-6-11/h2-8,17H,9H2,1H3. The molecule has 0 aliphatic carbocycles. The van der Waals surface area contributed by atoms with Crippen molar-refractivity contribution in [1.82, 2.24) is 0 Å². The summed E-state index contributed by atoms with van der Waals surface area (Å²) in [4.78, 5) is 0. The number of halogens is 2. The molecule has 0 bridgehead atoms. The molecule has 0 saturated heterocycles. The van der Waals surface area contributed by atoms with Gasteiger partial charge < -0.3 is 5.32 Å². The van der Waals surface area contributed by atoms with Crippen molar-refractivity contribution in [3.05, 3.63) is 62.5 Å². The molecule has 1 nitrogen and oxygen atoms in total. The summed E-state index contributed by atoms with van der Waals surface area (Å²) in [7, 11) is 0. The lowest BCUT2D eigenvalue weighted by molar-refractivity contribution is 1.14. The molecule has 0 atom stereocenters. The van der Waals surface area contributed by atoms with E-state index in [9.17, 15) is 0 Å². The number of hydrogen-bond donors (Lipinski definition) is 1. The van der Waals surface area contributed by atoms with E-state index in [1.54, 1.807) is 0 Å². The van der Waals surface area contributed by atoms with Gasteiger partial charge in [-0.25, -0.2) is 0 Å². The molecule has 0 spiro atoms. The van der Waals surface area contributed by atoms with E-state index in [1.165, 1.54) is 11.1 Å². The van der Waals surface area contributed by atoms with Crippen molar-refractivity contribution in [1.29, 1.82) is 0 Å². The van der Waals surface area contributed by atoms with Gasteiger partial charge in [0.25, 0.3) is 0 Å². The minimum absolute atomic E-state index is 0.821. The Kier molecular flexibility index (Phi) is 4.24. The number of hydrogen-bond acceptors (Lipinski definition) is 1. The molecule has 17 heavy (non-hydrogen) atoms. The summed E-state index contributed by atoms with van der Waals surface area (Å²) < 4.78 is 2.17. The molecule has 0 unspecified atom stereocenters. The largest absolute Gasteiger partial charge is 0.379 e. The Hall–Kier alpha value is -0.800. The van der Waals surface area contributed by atoms with Crippen molar-refractivity contribution in [3.8, 4) is 0 Å². The van der Waals surface area contributed by atoms with E-state index in [2.05, 4.69) is 80.5 Å². The molecule has 1 N–H and O–H groups in total. The van der Waals surface area contributed by atoms with Crippen molar-refractivity contribution in [2.45, 2.75) is 13.5 Å². The van der Waals surface area contributed by atoms with Crippen LogP contribution in [0.15, 0.2) is 51.4 Å². The average Bonchev–Trinajstić information content (AvgIpc) is 2.29. The smallest absolute Gasteiger partial charge is 0.0631 e. The van der Waals surface area contributed by atoms with Gasteiger partial charge in [-0.2, -0.15) is 0 Å². The SMILES string of the molecule is Cc1cc(Br)c(NCc2ccccc2)c(Br)c1. The van der Waals surface area contributed by atoms with E-state index in [0.717, 1.165) is 21.2 Å². The Labute approximate surface area is 119 Å². The van der Waals surface area contributed by atoms with E-state index in [1.807, 2.05) is 6.07 Å². The van der Waals surface area contributed by atoms with E-state index in [4.69, 9.17) is 0 Å². The highest BCUT2D eigenvalue weighted by Gasteiger charge is 2.05. The van der Waals surface area contributed by atoms with Crippen LogP contribution in [0.2, 0.25) is 0 Å². The highest BCUT2D eigenvalue weighted by atomic mass is 79.9. The van der Waals surface area contributed by atoms with Crippen LogP contribution in [-0.2, 0) is 6.54 Å². The van der Waals surface area contributed by atoms with Gasteiger partial charge in [0.1, 0.15) is 0 Å². The summed E-state index contributed by atoms with van der Waals surface area (Å²) in [5, 5.41) is 3.43. The second kappa shape index (κ2) is 5.69. The lowest BCUT2D eigenvalue weighted by atomic mass is 10.2. The molecule has 0 aromatic heterocycles. The Morgan fingerprint density at radius 3 is 2.18 bits per heavy atom.